The molecule has 21 heavy (non-hydrogen) atoms. The van der Waals surface area contributed by atoms with E-state index in [1.807, 2.05) is 0 Å². The number of hydrogen-bond donors (Lipinski definition) is 0. The van der Waals surface area contributed by atoms with Gasteiger partial charge in [0.05, 0.1) is 0 Å². The van der Waals surface area contributed by atoms with E-state index in [9.17, 15) is 0 Å². The molecule has 0 spiro atoms. The fraction of sp³-hybridized carbons (Fsp3) is 0.143. The number of rotatable bonds is 2. The smallest absolute Gasteiger partial charge is 0.0100 e. The molecule has 0 saturated carbocycles. The Hall–Kier alpha value is -2.34. The summed E-state index contributed by atoms with van der Waals surface area (Å²) in [6, 6.07) is 24.0. The van der Waals surface area contributed by atoms with Crippen molar-refractivity contribution in [3.05, 3.63) is 83.4 Å². The number of hydrogen-bond acceptors (Lipinski definition) is 0. The molecule has 0 unspecified atom stereocenters. The van der Waals surface area contributed by atoms with Gasteiger partial charge in [-0.3, -0.25) is 0 Å². The van der Waals surface area contributed by atoms with Crippen molar-refractivity contribution in [2.24, 2.45) is 0 Å². The van der Waals surface area contributed by atoms with E-state index in [-0.39, 0.29) is 0 Å². The molecule has 0 aromatic heterocycles. The van der Waals surface area contributed by atoms with Crippen LogP contribution in [0.4, 0.5) is 0 Å². The fourth-order valence-corrected chi connectivity index (χ4v) is 2.78. The van der Waals surface area contributed by atoms with Crippen molar-refractivity contribution >= 4 is 0 Å². The maximum Gasteiger partial charge on any atom is -0.0100 e. The van der Waals surface area contributed by atoms with Gasteiger partial charge in [0.1, 0.15) is 0 Å². The van der Waals surface area contributed by atoms with Gasteiger partial charge in [-0.1, -0.05) is 77.9 Å². The lowest BCUT2D eigenvalue weighted by atomic mass is 9.90. The Kier molecular flexibility index (Phi) is 3.62. The first-order valence-corrected chi connectivity index (χ1v) is 7.39. The highest BCUT2D eigenvalue weighted by Gasteiger charge is 2.10. The summed E-state index contributed by atoms with van der Waals surface area (Å²) in [6.07, 6.45) is 0. The molecule has 0 saturated heterocycles. The van der Waals surface area contributed by atoms with Gasteiger partial charge in [0, 0.05) is 0 Å². The molecular weight excluding hydrogens is 252 g/mol. The predicted molar refractivity (Wildman–Crippen MR) is 91.5 cm³/mol. The van der Waals surface area contributed by atoms with Gasteiger partial charge in [-0.15, -0.1) is 0 Å². The molecule has 0 heterocycles. The van der Waals surface area contributed by atoms with E-state index in [1.54, 1.807) is 0 Å². The minimum atomic E-state index is 1.27. The molecule has 0 heteroatoms. The Labute approximate surface area is 127 Å². The van der Waals surface area contributed by atoms with E-state index >= 15 is 0 Å². The average Bonchev–Trinajstić information content (AvgIpc) is 2.50. The summed E-state index contributed by atoms with van der Waals surface area (Å²) in [5, 5.41) is 0. The van der Waals surface area contributed by atoms with Gasteiger partial charge in [-0.05, 0) is 48.6 Å². The summed E-state index contributed by atoms with van der Waals surface area (Å²) >= 11 is 0. The highest BCUT2D eigenvalue weighted by molar-refractivity contribution is 5.85. The molecule has 104 valence electrons. The zero-order valence-corrected chi connectivity index (χ0v) is 12.9. The molecule has 0 bridgehead atoms. The molecule has 0 N–H and O–H groups in total. The summed E-state index contributed by atoms with van der Waals surface area (Å²) in [7, 11) is 0. The largest absolute Gasteiger partial charge is 0.0622 e. The van der Waals surface area contributed by atoms with Gasteiger partial charge in [-0.2, -0.15) is 0 Å². The van der Waals surface area contributed by atoms with Crippen LogP contribution in [0.25, 0.3) is 22.3 Å². The summed E-state index contributed by atoms with van der Waals surface area (Å²) in [4.78, 5) is 0. The molecule has 0 atom stereocenters. The van der Waals surface area contributed by atoms with Gasteiger partial charge in [-0.25, -0.2) is 0 Å². The Morgan fingerprint density at radius 2 is 1.14 bits per heavy atom. The highest BCUT2D eigenvalue weighted by Crippen LogP contribution is 2.35. The van der Waals surface area contributed by atoms with E-state index in [0.717, 1.165) is 0 Å². The summed E-state index contributed by atoms with van der Waals surface area (Å²) in [6.45, 7) is 6.50. The van der Waals surface area contributed by atoms with E-state index < -0.39 is 0 Å². The molecule has 3 aromatic rings. The minimum absolute atomic E-state index is 1.27. The first-order valence-electron chi connectivity index (χ1n) is 7.39. The van der Waals surface area contributed by atoms with Gasteiger partial charge in [0.15, 0.2) is 0 Å². The molecule has 3 aromatic carbocycles. The Morgan fingerprint density at radius 3 is 1.86 bits per heavy atom. The molecule has 0 nitrogen and oxygen atoms in total. The SMILES string of the molecule is Cc1ccc(C)c(-c2cc(C)ccc2-c2ccccc2)c1. The first kappa shape index (κ1) is 13.6. The lowest BCUT2D eigenvalue weighted by molar-refractivity contribution is 1.38. The lowest BCUT2D eigenvalue weighted by Crippen LogP contribution is -1.90. The Balaban J connectivity index is 2.27. The van der Waals surface area contributed by atoms with Crippen molar-refractivity contribution in [1.82, 2.24) is 0 Å². The van der Waals surface area contributed by atoms with Crippen molar-refractivity contribution in [2.45, 2.75) is 20.8 Å². The third-order valence-corrected chi connectivity index (χ3v) is 3.94. The zero-order valence-electron chi connectivity index (χ0n) is 12.9. The normalized spacial score (nSPS) is 10.6. The van der Waals surface area contributed by atoms with Crippen LogP contribution in [0, 0.1) is 20.8 Å². The summed E-state index contributed by atoms with van der Waals surface area (Å²) in [5.41, 5.74) is 9.15. The standard InChI is InChI=1S/C21H20/c1-15-9-11-17(3)20(13-15)21-14-16(2)10-12-19(21)18-7-5-4-6-8-18/h4-14H,1-3H3. The van der Waals surface area contributed by atoms with Crippen LogP contribution < -0.4 is 0 Å². The van der Waals surface area contributed by atoms with E-state index in [2.05, 4.69) is 87.5 Å². The lowest BCUT2D eigenvalue weighted by Gasteiger charge is -2.14. The van der Waals surface area contributed by atoms with Crippen molar-refractivity contribution < 1.29 is 0 Å². The topological polar surface area (TPSA) is 0 Å². The Bertz CT molecular complexity index is 767. The molecule has 0 aliphatic rings. The maximum atomic E-state index is 2.30. The molecular formula is C21H20. The average molecular weight is 272 g/mol. The molecule has 0 radical (unpaired) electrons. The van der Waals surface area contributed by atoms with Crippen LogP contribution >= 0.6 is 0 Å². The molecule has 0 fully saturated rings. The summed E-state index contributed by atoms with van der Waals surface area (Å²) in [5.74, 6) is 0. The van der Waals surface area contributed by atoms with Crippen LogP contribution in [0.1, 0.15) is 16.7 Å². The second-order valence-corrected chi connectivity index (χ2v) is 5.73. The van der Waals surface area contributed by atoms with Gasteiger partial charge >= 0.3 is 0 Å². The number of benzene rings is 3. The van der Waals surface area contributed by atoms with E-state index in [4.69, 9.17) is 0 Å². The molecule has 0 aliphatic heterocycles. The highest BCUT2D eigenvalue weighted by atomic mass is 14.1. The van der Waals surface area contributed by atoms with Crippen molar-refractivity contribution in [2.75, 3.05) is 0 Å². The quantitative estimate of drug-likeness (QED) is 0.541. The van der Waals surface area contributed by atoms with Gasteiger partial charge in [0.2, 0.25) is 0 Å². The minimum Gasteiger partial charge on any atom is -0.0622 e. The van der Waals surface area contributed by atoms with Crippen molar-refractivity contribution in [3.63, 3.8) is 0 Å². The molecule has 0 amide bonds. The summed E-state index contributed by atoms with van der Waals surface area (Å²) < 4.78 is 0. The zero-order chi connectivity index (χ0) is 14.8. The molecule has 3 rings (SSSR count). The fourth-order valence-electron chi connectivity index (χ4n) is 2.78. The second-order valence-electron chi connectivity index (χ2n) is 5.73. The van der Waals surface area contributed by atoms with Crippen LogP contribution in [0.3, 0.4) is 0 Å². The van der Waals surface area contributed by atoms with Crippen LogP contribution in [0.2, 0.25) is 0 Å². The van der Waals surface area contributed by atoms with Crippen molar-refractivity contribution in [3.8, 4) is 22.3 Å². The van der Waals surface area contributed by atoms with Crippen LogP contribution in [-0.2, 0) is 0 Å². The van der Waals surface area contributed by atoms with E-state index in [0.29, 0.717) is 0 Å². The maximum absolute atomic E-state index is 2.30. The predicted octanol–water partition coefficient (Wildman–Crippen LogP) is 5.95. The first-order chi connectivity index (χ1) is 10.1. The van der Waals surface area contributed by atoms with Crippen LogP contribution in [0.15, 0.2) is 66.7 Å². The van der Waals surface area contributed by atoms with E-state index in [1.165, 1.54) is 38.9 Å². The van der Waals surface area contributed by atoms with Crippen molar-refractivity contribution in [1.29, 1.82) is 0 Å². The Morgan fingerprint density at radius 1 is 0.524 bits per heavy atom. The second kappa shape index (κ2) is 5.57. The van der Waals surface area contributed by atoms with Gasteiger partial charge in [0.25, 0.3) is 0 Å². The van der Waals surface area contributed by atoms with Crippen LogP contribution in [-0.4, -0.2) is 0 Å². The van der Waals surface area contributed by atoms with Crippen LogP contribution in [0.5, 0.6) is 0 Å². The number of aryl methyl sites for hydroxylation is 3. The third-order valence-electron chi connectivity index (χ3n) is 3.94. The monoisotopic (exact) mass is 272 g/mol. The van der Waals surface area contributed by atoms with Gasteiger partial charge < -0.3 is 0 Å². The molecule has 0 aliphatic carbocycles. The third kappa shape index (κ3) is 2.75.